The van der Waals surface area contributed by atoms with Crippen LogP contribution in [-0.4, -0.2) is 25.2 Å². The number of hydrogen-bond donors (Lipinski definition) is 2. The first-order valence-corrected chi connectivity index (χ1v) is 5.86. The van der Waals surface area contributed by atoms with Gasteiger partial charge < -0.3 is 15.8 Å². The lowest BCUT2D eigenvalue weighted by Gasteiger charge is -2.14. The fourth-order valence-electron chi connectivity index (χ4n) is 1.35. The van der Waals surface area contributed by atoms with Gasteiger partial charge in [-0.25, -0.2) is 0 Å². The van der Waals surface area contributed by atoms with Crippen molar-refractivity contribution in [3.8, 4) is 0 Å². The summed E-state index contributed by atoms with van der Waals surface area (Å²) < 4.78 is 5.21. The second kappa shape index (κ2) is 6.47. The molecule has 0 fully saturated rings. The predicted molar refractivity (Wildman–Crippen MR) is 69.3 cm³/mol. The number of ether oxygens (including phenoxy) is 1. The number of nitrogens with one attached hydrogen (secondary N) is 1. The van der Waals surface area contributed by atoms with Crippen LogP contribution < -0.4 is 11.1 Å². The summed E-state index contributed by atoms with van der Waals surface area (Å²) >= 11 is 5.94. The van der Waals surface area contributed by atoms with Gasteiger partial charge in [0.1, 0.15) is 0 Å². The topological polar surface area (TPSA) is 64.3 Å². The number of hydrogen-bond acceptors (Lipinski definition) is 3. The number of carbonyl (C=O) groups excluding carboxylic acids is 1. The van der Waals surface area contributed by atoms with Crippen molar-refractivity contribution in [2.24, 2.45) is 0 Å². The Bertz CT molecular complexity index is 396. The smallest absolute Gasteiger partial charge is 0.253 e. The van der Waals surface area contributed by atoms with Crippen molar-refractivity contribution in [1.29, 1.82) is 0 Å². The van der Waals surface area contributed by atoms with Crippen LogP contribution in [0, 0.1) is 0 Å². The summed E-state index contributed by atoms with van der Waals surface area (Å²) in [6.45, 7) is 4.89. The molecule has 0 bridgehead atoms. The van der Waals surface area contributed by atoms with Crippen LogP contribution in [0.3, 0.4) is 0 Å². The lowest BCUT2D eigenvalue weighted by Crippen LogP contribution is -2.36. The normalized spacial score (nSPS) is 12.2. The molecule has 0 radical (unpaired) electrons. The zero-order chi connectivity index (χ0) is 12.8. The molecule has 1 atom stereocenters. The van der Waals surface area contributed by atoms with Crippen molar-refractivity contribution in [1.82, 2.24) is 5.32 Å². The van der Waals surface area contributed by atoms with Crippen LogP contribution in [0.1, 0.15) is 24.2 Å². The van der Waals surface area contributed by atoms with Gasteiger partial charge in [0.25, 0.3) is 5.91 Å². The number of halogens is 1. The van der Waals surface area contributed by atoms with E-state index >= 15 is 0 Å². The van der Waals surface area contributed by atoms with Crippen LogP contribution in [0.25, 0.3) is 0 Å². The van der Waals surface area contributed by atoms with E-state index in [4.69, 9.17) is 22.1 Å². The molecule has 1 unspecified atom stereocenters. The van der Waals surface area contributed by atoms with Crippen LogP contribution in [0.15, 0.2) is 18.2 Å². The molecule has 0 spiro atoms. The molecule has 0 aliphatic heterocycles. The third-order valence-electron chi connectivity index (χ3n) is 2.19. The summed E-state index contributed by atoms with van der Waals surface area (Å²) in [5, 5.41) is 3.15. The fraction of sp³-hybridized carbons (Fsp3) is 0.417. The van der Waals surface area contributed by atoms with Gasteiger partial charge in [-0.15, -0.1) is 0 Å². The summed E-state index contributed by atoms with van der Waals surface area (Å²) in [7, 11) is 0. The molecule has 5 heteroatoms. The van der Waals surface area contributed by atoms with Crippen LogP contribution in [0.2, 0.25) is 5.02 Å². The molecule has 94 valence electrons. The zero-order valence-electron chi connectivity index (χ0n) is 10.00. The molecule has 1 rings (SSSR count). The molecule has 17 heavy (non-hydrogen) atoms. The number of nitrogens with two attached hydrogens (primary N) is 1. The van der Waals surface area contributed by atoms with Crippen molar-refractivity contribution in [2.45, 2.75) is 19.9 Å². The van der Waals surface area contributed by atoms with E-state index in [1.165, 1.54) is 0 Å². The zero-order valence-corrected chi connectivity index (χ0v) is 10.8. The second-order valence-corrected chi connectivity index (χ2v) is 4.18. The lowest BCUT2D eigenvalue weighted by atomic mass is 10.2. The van der Waals surface area contributed by atoms with Crippen molar-refractivity contribution in [2.75, 3.05) is 18.9 Å². The van der Waals surface area contributed by atoms with Gasteiger partial charge >= 0.3 is 0 Å². The quantitative estimate of drug-likeness (QED) is 0.793. The molecule has 4 nitrogen and oxygen atoms in total. The SMILES string of the molecule is CCOCC(C)NC(=O)c1ccc(N)cc1Cl. The summed E-state index contributed by atoms with van der Waals surface area (Å²) in [6.07, 6.45) is 0. The standard InChI is InChI=1S/C12H17ClN2O2/c1-3-17-7-8(2)15-12(16)10-5-4-9(14)6-11(10)13/h4-6,8H,3,7,14H2,1-2H3,(H,15,16). The highest BCUT2D eigenvalue weighted by molar-refractivity contribution is 6.34. The molecule has 0 aliphatic carbocycles. The van der Waals surface area contributed by atoms with E-state index in [1.54, 1.807) is 18.2 Å². The highest BCUT2D eigenvalue weighted by Crippen LogP contribution is 2.19. The minimum absolute atomic E-state index is 0.0592. The maximum atomic E-state index is 11.9. The molecule has 0 aromatic heterocycles. The van der Waals surface area contributed by atoms with Gasteiger partial charge in [-0.05, 0) is 32.0 Å². The first kappa shape index (κ1) is 13.8. The molecule has 0 saturated heterocycles. The van der Waals surface area contributed by atoms with E-state index in [9.17, 15) is 4.79 Å². The monoisotopic (exact) mass is 256 g/mol. The van der Waals surface area contributed by atoms with Crippen LogP contribution >= 0.6 is 11.6 Å². The minimum atomic E-state index is -0.220. The first-order chi connectivity index (χ1) is 8.04. The molecule has 3 N–H and O–H groups in total. The van der Waals surface area contributed by atoms with Crippen molar-refractivity contribution in [3.63, 3.8) is 0 Å². The molecule has 1 aromatic carbocycles. The van der Waals surface area contributed by atoms with E-state index < -0.39 is 0 Å². The van der Waals surface area contributed by atoms with Crippen LogP contribution in [0.5, 0.6) is 0 Å². The molecular weight excluding hydrogens is 240 g/mol. The number of nitrogen functional groups attached to an aromatic ring is 1. The number of carbonyl (C=O) groups is 1. The Hall–Kier alpha value is -1.26. The summed E-state index contributed by atoms with van der Waals surface area (Å²) in [5.74, 6) is -0.220. The van der Waals surface area contributed by atoms with Gasteiger partial charge in [0.2, 0.25) is 0 Å². The second-order valence-electron chi connectivity index (χ2n) is 3.77. The average molecular weight is 257 g/mol. The van der Waals surface area contributed by atoms with Gasteiger partial charge in [0.05, 0.1) is 17.2 Å². The Morgan fingerprint density at radius 1 is 1.59 bits per heavy atom. The van der Waals surface area contributed by atoms with Gasteiger partial charge in [-0.3, -0.25) is 4.79 Å². The van der Waals surface area contributed by atoms with Crippen molar-refractivity contribution >= 4 is 23.2 Å². The Morgan fingerprint density at radius 3 is 2.88 bits per heavy atom. The number of amides is 1. The van der Waals surface area contributed by atoms with Gasteiger partial charge in [0, 0.05) is 18.3 Å². The summed E-state index contributed by atoms with van der Waals surface area (Å²) in [6, 6.07) is 4.76. The summed E-state index contributed by atoms with van der Waals surface area (Å²) in [4.78, 5) is 11.9. The fourth-order valence-corrected chi connectivity index (χ4v) is 1.63. The number of anilines is 1. The highest BCUT2D eigenvalue weighted by Gasteiger charge is 2.13. The highest BCUT2D eigenvalue weighted by atomic mass is 35.5. The first-order valence-electron chi connectivity index (χ1n) is 5.48. The minimum Gasteiger partial charge on any atom is -0.399 e. The average Bonchev–Trinajstić information content (AvgIpc) is 2.26. The lowest BCUT2D eigenvalue weighted by molar-refractivity contribution is 0.0872. The van der Waals surface area contributed by atoms with Crippen molar-refractivity contribution in [3.05, 3.63) is 28.8 Å². The van der Waals surface area contributed by atoms with Crippen LogP contribution in [-0.2, 0) is 4.74 Å². The van der Waals surface area contributed by atoms with Gasteiger partial charge in [0.15, 0.2) is 0 Å². The van der Waals surface area contributed by atoms with Crippen molar-refractivity contribution < 1.29 is 9.53 Å². The van der Waals surface area contributed by atoms with Gasteiger partial charge in [-0.1, -0.05) is 11.6 Å². The molecule has 1 amide bonds. The molecule has 0 heterocycles. The molecule has 0 saturated carbocycles. The summed E-state index contributed by atoms with van der Waals surface area (Å²) in [5.41, 5.74) is 6.52. The Labute approximate surface area is 106 Å². The van der Waals surface area contributed by atoms with E-state index in [0.717, 1.165) is 0 Å². The molecular formula is C12H17ClN2O2. The van der Waals surface area contributed by atoms with E-state index in [1.807, 2.05) is 13.8 Å². The molecule has 0 aliphatic rings. The third kappa shape index (κ3) is 4.24. The predicted octanol–water partition coefficient (Wildman–Crippen LogP) is 2.08. The Balaban J connectivity index is 2.63. The van der Waals surface area contributed by atoms with E-state index in [-0.39, 0.29) is 11.9 Å². The third-order valence-corrected chi connectivity index (χ3v) is 2.50. The maximum absolute atomic E-state index is 11.9. The Kier molecular flexibility index (Phi) is 5.25. The largest absolute Gasteiger partial charge is 0.399 e. The number of rotatable bonds is 5. The molecule has 1 aromatic rings. The van der Waals surface area contributed by atoms with E-state index in [2.05, 4.69) is 5.32 Å². The van der Waals surface area contributed by atoms with Gasteiger partial charge in [-0.2, -0.15) is 0 Å². The van der Waals surface area contributed by atoms with E-state index in [0.29, 0.717) is 29.5 Å². The Morgan fingerprint density at radius 2 is 2.29 bits per heavy atom. The van der Waals surface area contributed by atoms with Crippen LogP contribution in [0.4, 0.5) is 5.69 Å². The number of benzene rings is 1. The maximum Gasteiger partial charge on any atom is 0.253 e.